The fraction of sp³-hybridized carbons (Fsp3) is 0.211. The first-order valence-electron chi connectivity index (χ1n) is 8.03. The summed E-state index contributed by atoms with van der Waals surface area (Å²) in [7, 11) is 0. The molecular formula is C19H20N2O4S. The van der Waals surface area contributed by atoms with Gasteiger partial charge in [0.25, 0.3) is 5.91 Å². The van der Waals surface area contributed by atoms with Gasteiger partial charge in [-0.25, -0.2) is 4.79 Å². The zero-order chi connectivity index (χ0) is 19.1. The van der Waals surface area contributed by atoms with Crippen molar-refractivity contribution in [3.05, 3.63) is 59.7 Å². The second-order valence-electron chi connectivity index (χ2n) is 6.02. The second kappa shape index (κ2) is 8.96. The summed E-state index contributed by atoms with van der Waals surface area (Å²) < 4.78 is 5.61. The first kappa shape index (κ1) is 19.4. The van der Waals surface area contributed by atoms with Crippen LogP contribution in [0.3, 0.4) is 0 Å². The van der Waals surface area contributed by atoms with Crippen LogP contribution in [0.15, 0.2) is 48.5 Å². The van der Waals surface area contributed by atoms with Crippen molar-refractivity contribution in [1.29, 1.82) is 0 Å². The summed E-state index contributed by atoms with van der Waals surface area (Å²) >= 11 is 5.12. The molecule has 0 bridgehead atoms. The minimum absolute atomic E-state index is 0.117. The summed E-state index contributed by atoms with van der Waals surface area (Å²) in [6, 6.07) is 12.9. The fourth-order valence-electron chi connectivity index (χ4n) is 2.02. The normalized spacial score (nSPS) is 10.3. The number of hydrogen-bond acceptors (Lipinski definition) is 4. The standard InChI is InChI=1S/C19H20N2O4S/c1-12(2)11-25-16-5-3-4-14(10-16)17(22)21-19(26)20-15-8-6-13(7-9-15)18(23)24/h3-10,12H,11H2,1-2H3,(H,23,24)(H2,20,21,22,26). The minimum atomic E-state index is -1.01. The summed E-state index contributed by atoms with van der Waals surface area (Å²) in [6.07, 6.45) is 0. The fourth-order valence-corrected chi connectivity index (χ4v) is 2.23. The van der Waals surface area contributed by atoms with E-state index in [4.69, 9.17) is 22.1 Å². The van der Waals surface area contributed by atoms with Crippen LogP contribution in [-0.4, -0.2) is 28.7 Å². The van der Waals surface area contributed by atoms with Gasteiger partial charge in [-0.3, -0.25) is 10.1 Å². The predicted octanol–water partition coefficient (Wildman–Crippen LogP) is 3.55. The first-order valence-corrected chi connectivity index (χ1v) is 8.44. The lowest BCUT2D eigenvalue weighted by molar-refractivity contribution is 0.0696. The van der Waals surface area contributed by atoms with Gasteiger partial charge in [-0.05, 0) is 60.6 Å². The van der Waals surface area contributed by atoms with Crippen molar-refractivity contribution in [3.63, 3.8) is 0 Å². The maximum Gasteiger partial charge on any atom is 0.335 e. The van der Waals surface area contributed by atoms with Gasteiger partial charge < -0.3 is 15.2 Å². The van der Waals surface area contributed by atoms with E-state index in [0.717, 1.165) is 0 Å². The topological polar surface area (TPSA) is 87.7 Å². The van der Waals surface area contributed by atoms with E-state index in [1.807, 2.05) is 13.8 Å². The molecule has 2 rings (SSSR count). The van der Waals surface area contributed by atoms with Crippen molar-refractivity contribution in [2.45, 2.75) is 13.8 Å². The molecule has 26 heavy (non-hydrogen) atoms. The van der Waals surface area contributed by atoms with Crippen LogP contribution in [0, 0.1) is 5.92 Å². The number of thiocarbonyl (C=S) groups is 1. The maximum absolute atomic E-state index is 12.3. The molecule has 0 aliphatic carbocycles. The van der Waals surface area contributed by atoms with Crippen LogP contribution in [0.1, 0.15) is 34.6 Å². The average Bonchev–Trinajstić information content (AvgIpc) is 2.60. The molecule has 0 saturated heterocycles. The summed E-state index contributed by atoms with van der Waals surface area (Å²) in [6.45, 7) is 4.66. The Balaban J connectivity index is 1.95. The SMILES string of the molecule is CC(C)COc1cccc(C(=O)NC(=S)Nc2ccc(C(=O)O)cc2)c1. The zero-order valence-corrected chi connectivity index (χ0v) is 15.3. The molecule has 3 N–H and O–H groups in total. The Labute approximate surface area is 157 Å². The molecule has 1 amide bonds. The van der Waals surface area contributed by atoms with Gasteiger partial charge in [0.15, 0.2) is 5.11 Å². The Morgan fingerprint density at radius 3 is 2.42 bits per heavy atom. The zero-order valence-electron chi connectivity index (χ0n) is 14.5. The van der Waals surface area contributed by atoms with E-state index < -0.39 is 5.97 Å². The third-order valence-corrected chi connectivity index (χ3v) is 3.50. The van der Waals surface area contributed by atoms with Crippen molar-refractivity contribution < 1.29 is 19.4 Å². The van der Waals surface area contributed by atoms with Gasteiger partial charge in [0, 0.05) is 11.3 Å². The van der Waals surface area contributed by atoms with E-state index in [9.17, 15) is 9.59 Å². The van der Waals surface area contributed by atoms with Gasteiger partial charge in [-0.1, -0.05) is 19.9 Å². The Bertz CT molecular complexity index is 803. The number of rotatable bonds is 6. The molecule has 0 aromatic heterocycles. The van der Waals surface area contributed by atoms with E-state index in [0.29, 0.717) is 29.5 Å². The molecule has 136 valence electrons. The van der Waals surface area contributed by atoms with E-state index in [-0.39, 0.29) is 16.6 Å². The van der Waals surface area contributed by atoms with Crippen molar-refractivity contribution in [2.24, 2.45) is 5.92 Å². The van der Waals surface area contributed by atoms with Gasteiger partial charge in [-0.2, -0.15) is 0 Å². The van der Waals surface area contributed by atoms with E-state index >= 15 is 0 Å². The minimum Gasteiger partial charge on any atom is -0.493 e. The molecule has 0 spiro atoms. The predicted molar refractivity (Wildman–Crippen MR) is 104 cm³/mol. The summed E-state index contributed by atoms with van der Waals surface area (Å²) in [4.78, 5) is 23.1. The first-order chi connectivity index (χ1) is 12.3. The maximum atomic E-state index is 12.3. The largest absolute Gasteiger partial charge is 0.493 e. The molecule has 0 fully saturated rings. The lowest BCUT2D eigenvalue weighted by Crippen LogP contribution is -2.34. The molecule has 0 aliphatic heterocycles. The van der Waals surface area contributed by atoms with Crippen LogP contribution in [0.25, 0.3) is 0 Å². The number of carbonyl (C=O) groups excluding carboxylic acids is 1. The van der Waals surface area contributed by atoms with E-state index in [2.05, 4.69) is 10.6 Å². The van der Waals surface area contributed by atoms with Gasteiger partial charge in [-0.15, -0.1) is 0 Å². The Hall–Kier alpha value is -2.93. The number of anilines is 1. The van der Waals surface area contributed by atoms with Crippen LogP contribution >= 0.6 is 12.2 Å². The molecule has 0 atom stereocenters. The number of amides is 1. The van der Waals surface area contributed by atoms with E-state index in [1.165, 1.54) is 12.1 Å². The third kappa shape index (κ3) is 5.86. The molecule has 0 saturated carbocycles. The number of carboxylic acid groups (broad SMARTS) is 1. The van der Waals surface area contributed by atoms with Crippen molar-refractivity contribution >= 4 is 34.9 Å². The van der Waals surface area contributed by atoms with Crippen LogP contribution in [-0.2, 0) is 0 Å². The van der Waals surface area contributed by atoms with Crippen LogP contribution in [0.4, 0.5) is 5.69 Å². The number of carboxylic acids is 1. The highest BCUT2D eigenvalue weighted by Crippen LogP contribution is 2.15. The summed E-state index contributed by atoms with van der Waals surface area (Å²) in [5, 5.41) is 14.4. The summed E-state index contributed by atoms with van der Waals surface area (Å²) in [5.41, 5.74) is 1.18. The molecule has 6 nitrogen and oxygen atoms in total. The van der Waals surface area contributed by atoms with Crippen LogP contribution in [0.5, 0.6) is 5.75 Å². The number of ether oxygens (including phenoxy) is 1. The van der Waals surface area contributed by atoms with Crippen molar-refractivity contribution in [1.82, 2.24) is 5.32 Å². The molecule has 0 heterocycles. The number of carbonyl (C=O) groups is 2. The highest BCUT2D eigenvalue weighted by molar-refractivity contribution is 7.80. The van der Waals surface area contributed by atoms with Gasteiger partial charge in [0.05, 0.1) is 12.2 Å². The smallest absolute Gasteiger partial charge is 0.335 e. The van der Waals surface area contributed by atoms with Crippen molar-refractivity contribution in [2.75, 3.05) is 11.9 Å². The van der Waals surface area contributed by atoms with Crippen molar-refractivity contribution in [3.8, 4) is 5.75 Å². The number of hydrogen-bond donors (Lipinski definition) is 3. The number of aromatic carboxylic acids is 1. The molecule has 0 aliphatic rings. The van der Waals surface area contributed by atoms with Gasteiger partial charge in [0.2, 0.25) is 0 Å². The Morgan fingerprint density at radius 2 is 1.81 bits per heavy atom. The quantitative estimate of drug-likeness (QED) is 0.672. The monoisotopic (exact) mass is 372 g/mol. The molecule has 7 heteroatoms. The second-order valence-corrected chi connectivity index (χ2v) is 6.43. The Kier molecular flexibility index (Phi) is 6.68. The summed E-state index contributed by atoms with van der Waals surface area (Å²) in [5.74, 6) is -0.363. The number of nitrogens with one attached hydrogen (secondary N) is 2. The lowest BCUT2D eigenvalue weighted by Gasteiger charge is -2.11. The van der Waals surface area contributed by atoms with Crippen LogP contribution < -0.4 is 15.4 Å². The highest BCUT2D eigenvalue weighted by Gasteiger charge is 2.10. The van der Waals surface area contributed by atoms with Gasteiger partial charge >= 0.3 is 5.97 Å². The molecule has 2 aromatic rings. The molecular weight excluding hydrogens is 352 g/mol. The average molecular weight is 372 g/mol. The van der Waals surface area contributed by atoms with E-state index in [1.54, 1.807) is 36.4 Å². The highest BCUT2D eigenvalue weighted by atomic mass is 32.1. The van der Waals surface area contributed by atoms with Crippen LogP contribution in [0.2, 0.25) is 0 Å². The molecule has 2 aromatic carbocycles. The third-order valence-electron chi connectivity index (χ3n) is 3.30. The number of benzene rings is 2. The molecule has 0 unspecified atom stereocenters. The lowest BCUT2D eigenvalue weighted by atomic mass is 10.2. The van der Waals surface area contributed by atoms with Gasteiger partial charge in [0.1, 0.15) is 5.75 Å². The Morgan fingerprint density at radius 1 is 1.12 bits per heavy atom. The molecule has 0 radical (unpaired) electrons.